The van der Waals surface area contributed by atoms with E-state index in [1.54, 1.807) is 0 Å². The molecule has 0 spiro atoms. The largest absolute Gasteiger partial charge is 0.369 e. The zero-order chi connectivity index (χ0) is 14.0. The third kappa shape index (κ3) is 2.89. The molecule has 0 aliphatic rings. The van der Waals surface area contributed by atoms with Crippen LogP contribution in [0.25, 0.3) is 10.9 Å². The molecule has 100 valence electrons. The maximum absolute atomic E-state index is 10.9. The van der Waals surface area contributed by atoms with Gasteiger partial charge in [-0.05, 0) is 43.0 Å². The van der Waals surface area contributed by atoms with Crippen LogP contribution in [0.15, 0.2) is 23.2 Å². The first kappa shape index (κ1) is 13.9. The van der Waals surface area contributed by atoms with Gasteiger partial charge < -0.3 is 5.73 Å². The molecule has 0 saturated carbocycles. The van der Waals surface area contributed by atoms with Gasteiger partial charge in [0.2, 0.25) is 5.91 Å². The molecule has 2 rings (SSSR count). The van der Waals surface area contributed by atoms with Gasteiger partial charge in [0.1, 0.15) is 5.03 Å². The molecule has 0 bridgehead atoms. The van der Waals surface area contributed by atoms with Crippen molar-refractivity contribution in [2.24, 2.45) is 5.73 Å². The molecule has 4 heteroatoms. The number of carbonyl (C=O) groups is 1. The van der Waals surface area contributed by atoms with Crippen LogP contribution in [0, 0.1) is 13.8 Å². The van der Waals surface area contributed by atoms with Gasteiger partial charge in [0.05, 0.1) is 11.3 Å². The van der Waals surface area contributed by atoms with E-state index in [4.69, 9.17) is 10.7 Å². The Balaban J connectivity index is 2.57. The van der Waals surface area contributed by atoms with Crippen molar-refractivity contribution in [1.82, 2.24) is 4.98 Å². The minimum Gasteiger partial charge on any atom is -0.369 e. The van der Waals surface area contributed by atoms with Gasteiger partial charge in [-0.25, -0.2) is 4.98 Å². The molecule has 0 unspecified atom stereocenters. The predicted molar refractivity (Wildman–Crippen MR) is 80.5 cm³/mol. The zero-order valence-electron chi connectivity index (χ0n) is 11.5. The first-order valence-corrected chi connectivity index (χ1v) is 7.32. The number of rotatable bonds is 4. The highest BCUT2D eigenvalue weighted by atomic mass is 32.2. The normalized spacial score (nSPS) is 10.9. The molecule has 0 radical (unpaired) electrons. The van der Waals surface area contributed by atoms with Crippen molar-refractivity contribution in [2.45, 2.75) is 32.2 Å². The van der Waals surface area contributed by atoms with Gasteiger partial charge in [0.15, 0.2) is 0 Å². The van der Waals surface area contributed by atoms with Crippen molar-refractivity contribution in [1.29, 1.82) is 0 Å². The van der Waals surface area contributed by atoms with Gasteiger partial charge in [-0.2, -0.15) is 0 Å². The SMILES string of the molecule is CCc1cc2c(C)ccc(C)c2nc1SCC(N)=O. The number of primary amides is 1. The molecule has 0 fully saturated rings. The van der Waals surface area contributed by atoms with Crippen molar-refractivity contribution in [3.05, 3.63) is 34.9 Å². The van der Waals surface area contributed by atoms with Gasteiger partial charge in [0.25, 0.3) is 0 Å². The van der Waals surface area contributed by atoms with Crippen molar-refractivity contribution in [2.75, 3.05) is 5.75 Å². The van der Waals surface area contributed by atoms with Crippen molar-refractivity contribution < 1.29 is 4.79 Å². The zero-order valence-corrected chi connectivity index (χ0v) is 12.3. The van der Waals surface area contributed by atoms with Crippen molar-refractivity contribution in [3.63, 3.8) is 0 Å². The Hall–Kier alpha value is -1.55. The van der Waals surface area contributed by atoms with Crippen LogP contribution < -0.4 is 5.73 Å². The van der Waals surface area contributed by atoms with Gasteiger partial charge in [-0.15, -0.1) is 0 Å². The second kappa shape index (κ2) is 5.61. The number of nitrogens with zero attached hydrogens (tertiary/aromatic N) is 1. The lowest BCUT2D eigenvalue weighted by Gasteiger charge is -2.11. The molecule has 0 aliphatic carbocycles. The number of hydrogen-bond acceptors (Lipinski definition) is 3. The molecule has 0 saturated heterocycles. The molecule has 1 heterocycles. The fourth-order valence-electron chi connectivity index (χ4n) is 2.08. The third-order valence-corrected chi connectivity index (χ3v) is 4.23. The maximum atomic E-state index is 10.9. The Morgan fingerprint density at radius 2 is 2.00 bits per heavy atom. The van der Waals surface area contributed by atoms with Gasteiger partial charge in [-0.1, -0.05) is 30.8 Å². The fraction of sp³-hybridized carbons (Fsp3) is 0.333. The summed E-state index contributed by atoms with van der Waals surface area (Å²) < 4.78 is 0. The Kier molecular flexibility index (Phi) is 4.10. The van der Waals surface area contributed by atoms with E-state index in [0.717, 1.165) is 22.5 Å². The number of amides is 1. The predicted octanol–water partition coefficient (Wildman–Crippen LogP) is 2.99. The number of pyridine rings is 1. The average molecular weight is 274 g/mol. The van der Waals surface area contributed by atoms with E-state index >= 15 is 0 Å². The van der Waals surface area contributed by atoms with Crippen LogP contribution in [-0.2, 0) is 11.2 Å². The molecular formula is C15H18N2OS. The number of carbonyl (C=O) groups excluding carboxylic acids is 1. The Labute approximate surface area is 117 Å². The number of fused-ring (bicyclic) bond motifs is 1. The smallest absolute Gasteiger partial charge is 0.227 e. The van der Waals surface area contributed by atoms with E-state index < -0.39 is 0 Å². The molecule has 0 aliphatic heterocycles. The maximum Gasteiger partial charge on any atom is 0.227 e. The number of nitrogens with two attached hydrogens (primary N) is 1. The van der Waals surface area contributed by atoms with Gasteiger partial charge in [0, 0.05) is 5.39 Å². The van der Waals surface area contributed by atoms with Crippen LogP contribution in [0.4, 0.5) is 0 Å². The van der Waals surface area contributed by atoms with E-state index in [1.165, 1.54) is 28.3 Å². The van der Waals surface area contributed by atoms with E-state index in [-0.39, 0.29) is 11.7 Å². The first-order valence-electron chi connectivity index (χ1n) is 6.34. The third-order valence-electron chi connectivity index (χ3n) is 3.18. The Morgan fingerprint density at radius 3 is 2.63 bits per heavy atom. The van der Waals surface area contributed by atoms with Crippen LogP contribution in [0.1, 0.15) is 23.6 Å². The lowest BCUT2D eigenvalue weighted by atomic mass is 10.0. The van der Waals surface area contributed by atoms with Gasteiger partial charge >= 0.3 is 0 Å². The first-order chi connectivity index (χ1) is 9.02. The summed E-state index contributed by atoms with van der Waals surface area (Å²) in [6.45, 7) is 6.25. The number of hydrogen-bond donors (Lipinski definition) is 1. The minimum absolute atomic E-state index is 0.274. The highest BCUT2D eigenvalue weighted by molar-refractivity contribution is 7.99. The summed E-state index contributed by atoms with van der Waals surface area (Å²) in [4.78, 5) is 15.7. The van der Waals surface area contributed by atoms with Crippen LogP contribution in [0.2, 0.25) is 0 Å². The lowest BCUT2D eigenvalue weighted by Crippen LogP contribution is -2.13. The molecule has 1 aromatic carbocycles. The number of thioether (sulfide) groups is 1. The van der Waals surface area contributed by atoms with Crippen molar-refractivity contribution >= 4 is 28.6 Å². The number of benzene rings is 1. The summed E-state index contributed by atoms with van der Waals surface area (Å²) in [6, 6.07) is 6.39. The van der Waals surface area contributed by atoms with Crippen molar-refractivity contribution in [3.8, 4) is 0 Å². The summed E-state index contributed by atoms with van der Waals surface area (Å²) in [5, 5.41) is 2.11. The van der Waals surface area contributed by atoms with Crippen LogP contribution in [0.5, 0.6) is 0 Å². The molecule has 3 nitrogen and oxygen atoms in total. The Bertz CT molecular complexity index is 638. The van der Waals surface area contributed by atoms with E-state index in [9.17, 15) is 4.79 Å². The second-order valence-corrected chi connectivity index (χ2v) is 5.62. The number of aromatic nitrogens is 1. The van der Waals surface area contributed by atoms with Crippen LogP contribution >= 0.6 is 11.8 Å². The van der Waals surface area contributed by atoms with Crippen LogP contribution in [-0.4, -0.2) is 16.6 Å². The molecule has 1 aromatic heterocycles. The number of aryl methyl sites for hydroxylation is 3. The summed E-state index contributed by atoms with van der Waals surface area (Å²) in [5.41, 5.74) is 9.79. The highest BCUT2D eigenvalue weighted by Gasteiger charge is 2.10. The molecule has 19 heavy (non-hydrogen) atoms. The monoisotopic (exact) mass is 274 g/mol. The van der Waals surface area contributed by atoms with E-state index in [1.807, 2.05) is 0 Å². The molecule has 2 aromatic rings. The summed E-state index contributed by atoms with van der Waals surface area (Å²) in [6.07, 6.45) is 0.900. The molecular weight excluding hydrogens is 256 g/mol. The fourth-order valence-corrected chi connectivity index (χ4v) is 2.90. The molecule has 1 amide bonds. The quantitative estimate of drug-likeness (QED) is 0.872. The second-order valence-electron chi connectivity index (χ2n) is 4.66. The van der Waals surface area contributed by atoms with E-state index in [2.05, 4.69) is 39.0 Å². The topological polar surface area (TPSA) is 56.0 Å². The van der Waals surface area contributed by atoms with Gasteiger partial charge in [-0.3, -0.25) is 4.79 Å². The molecule has 2 N–H and O–H groups in total. The summed E-state index contributed by atoms with van der Waals surface area (Å²) in [5.74, 6) is -0.0361. The average Bonchev–Trinajstić information content (AvgIpc) is 2.39. The van der Waals surface area contributed by atoms with Crippen LogP contribution in [0.3, 0.4) is 0 Å². The summed E-state index contributed by atoms with van der Waals surface area (Å²) in [7, 11) is 0. The standard InChI is InChI=1S/C15H18N2OS/c1-4-11-7-12-9(2)5-6-10(3)14(12)17-15(11)19-8-13(16)18/h5-7H,4,8H2,1-3H3,(H2,16,18). The Morgan fingerprint density at radius 1 is 1.32 bits per heavy atom. The minimum atomic E-state index is -0.310. The highest BCUT2D eigenvalue weighted by Crippen LogP contribution is 2.28. The summed E-state index contributed by atoms with van der Waals surface area (Å²) >= 11 is 1.42. The molecule has 0 atom stereocenters. The van der Waals surface area contributed by atoms with E-state index in [0.29, 0.717) is 0 Å². The lowest BCUT2D eigenvalue weighted by molar-refractivity contribution is -0.115.